The van der Waals surface area contributed by atoms with Gasteiger partial charge in [-0.25, -0.2) is 0 Å². The first-order valence-corrected chi connectivity index (χ1v) is 27.7. The van der Waals surface area contributed by atoms with Crippen LogP contribution >= 0.6 is 0 Å². The Morgan fingerprint density at radius 1 is 0.395 bits per heavy atom. The summed E-state index contributed by atoms with van der Waals surface area (Å²) in [6.45, 7) is 6.68. The Hall–Kier alpha value is -10.2. The third-order valence-electron chi connectivity index (χ3n) is 16.0. The number of furan rings is 3. The summed E-state index contributed by atoms with van der Waals surface area (Å²) in [5, 5.41) is 9.56. The van der Waals surface area contributed by atoms with Gasteiger partial charge in [0.15, 0.2) is 0 Å². The number of para-hydroxylation sites is 4. The van der Waals surface area contributed by atoms with E-state index in [-0.39, 0.29) is 12.1 Å². The van der Waals surface area contributed by atoms with Crippen LogP contribution in [0.2, 0.25) is 0 Å². The van der Waals surface area contributed by atoms with Crippen molar-refractivity contribution in [2.24, 2.45) is 0 Å². The Morgan fingerprint density at radius 3 is 1.53 bits per heavy atom. The molecule has 11 aromatic carbocycles. The molecular formula is C74H54BN3O3. The highest BCUT2D eigenvalue weighted by atomic mass is 16.3. The van der Waals surface area contributed by atoms with Crippen molar-refractivity contribution in [3.05, 3.63) is 272 Å². The lowest BCUT2D eigenvalue weighted by Crippen LogP contribution is -2.57. The van der Waals surface area contributed by atoms with Crippen molar-refractivity contribution in [3.8, 4) is 34.0 Å². The highest BCUT2D eigenvalue weighted by Crippen LogP contribution is 2.46. The molecule has 0 atom stereocenters. The second-order valence-electron chi connectivity index (χ2n) is 22.2. The Labute approximate surface area is 470 Å². The first-order chi connectivity index (χ1) is 39.7. The van der Waals surface area contributed by atoms with Crippen molar-refractivity contribution < 1.29 is 13.3 Å². The average Bonchev–Trinajstić information content (AvgIpc) is 4.42. The topological polar surface area (TPSA) is 57.9 Å². The minimum atomic E-state index is -0.129. The quantitative estimate of drug-likeness (QED) is 0.138. The van der Waals surface area contributed by atoms with Crippen molar-refractivity contribution in [2.75, 3.05) is 15.1 Å². The number of nitrogens with one attached hydrogen (secondary N) is 1. The van der Waals surface area contributed by atoms with Crippen LogP contribution in [0, 0.1) is 0 Å². The van der Waals surface area contributed by atoms with E-state index in [2.05, 4.69) is 260 Å². The molecule has 15 rings (SSSR count). The van der Waals surface area contributed by atoms with E-state index < -0.39 is 0 Å². The summed E-state index contributed by atoms with van der Waals surface area (Å²) in [5.74, 6) is 2.52. The fourth-order valence-electron chi connectivity index (χ4n) is 11.9. The molecule has 0 bridgehead atoms. The van der Waals surface area contributed by atoms with Gasteiger partial charge in [-0.2, -0.15) is 0 Å². The van der Waals surface area contributed by atoms with Gasteiger partial charge in [-0.05, 0) is 166 Å². The molecule has 6 nitrogen and oxygen atoms in total. The number of rotatable bonds is 10. The monoisotopic (exact) mass is 1040 g/mol. The molecule has 386 valence electrons. The van der Waals surface area contributed by atoms with Gasteiger partial charge in [-0.1, -0.05) is 160 Å². The predicted molar refractivity (Wildman–Crippen MR) is 338 cm³/mol. The van der Waals surface area contributed by atoms with E-state index in [1.807, 2.05) is 42.5 Å². The van der Waals surface area contributed by atoms with Crippen LogP contribution in [0.1, 0.15) is 26.3 Å². The summed E-state index contributed by atoms with van der Waals surface area (Å²) < 4.78 is 19.1. The van der Waals surface area contributed by atoms with Crippen LogP contribution in [0.25, 0.3) is 77.7 Å². The van der Waals surface area contributed by atoms with E-state index >= 15 is 0 Å². The van der Waals surface area contributed by atoms with Crippen molar-refractivity contribution in [3.63, 3.8) is 0 Å². The summed E-state index contributed by atoms with van der Waals surface area (Å²) in [7, 11) is 0. The molecule has 14 aromatic rings. The van der Waals surface area contributed by atoms with Gasteiger partial charge in [0.2, 0.25) is 6.71 Å². The highest BCUT2D eigenvalue weighted by Gasteiger charge is 2.38. The van der Waals surface area contributed by atoms with Crippen LogP contribution in [0.5, 0.6) is 0 Å². The SMILES string of the molecule is CC(C)(C)c1ccc(N(c2cc(Nc3ccc(-c4cc5ccccc5o4)cc3)c3c(c2)N(c2ccc(-c4cc5ccccc5o4)cc2)c2ccccc2B3c2ccccc2)c2ccc3cc(-c4cc5ccccc5o4)ccc3c2)cc1. The molecule has 1 aliphatic rings. The third-order valence-corrected chi connectivity index (χ3v) is 16.0. The van der Waals surface area contributed by atoms with Gasteiger partial charge in [0.25, 0.3) is 0 Å². The fourth-order valence-corrected chi connectivity index (χ4v) is 11.9. The summed E-state index contributed by atoms with van der Waals surface area (Å²) in [5.41, 5.74) is 18.7. The van der Waals surface area contributed by atoms with E-state index in [0.717, 1.165) is 129 Å². The Bertz CT molecular complexity index is 4570. The summed E-state index contributed by atoms with van der Waals surface area (Å²) in [4.78, 5) is 4.86. The molecule has 0 amide bonds. The molecule has 0 saturated carbocycles. The van der Waals surface area contributed by atoms with Crippen molar-refractivity contribution in [1.82, 2.24) is 0 Å². The van der Waals surface area contributed by atoms with Crippen LogP contribution in [-0.4, -0.2) is 6.71 Å². The lowest BCUT2D eigenvalue weighted by Gasteiger charge is -2.39. The third kappa shape index (κ3) is 8.71. The molecule has 7 heteroatoms. The molecule has 81 heavy (non-hydrogen) atoms. The molecule has 0 fully saturated rings. The highest BCUT2D eigenvalue weighted by molar-refractivity contribution is 6.99. The first-order valence-electron chi connectivity index (χ1n) is 27.7. The zero-order valence-electron chi connectivity index (χ0n) is 45.1. The van der Waals surface area contributed by atoms with Gasteiger partial charge in [0, 0.05) is 72.7 Å². The number of hydrogen-bond acceptors (Lipinski definition) is 6. The van der Waals surface area contributed by atoms with Crippen LogP contribution in [0.15, 0.2) is 280 Å². The van der Waals surface area contributed by atoms with Gasteiger partial charge < -0.3 is 28.4 Å². The maximum Gasteiger partial charge on any atom is 0.249 e. The summed E-state index contributed by atoms with van der Waals surface area (Å²) >= 11 is 0. The van der Waals surface area contributed by atoms with Gasteiger partial charge >= 0.3 is 0 Å². The second kappa shape index (κ2) is 19.3. The Morgan fingerprint density at radius 2 is 0.914 bits per heavy atom. The van der Waals surface area contributed by atoms with Crippen molar-refractivity contribution in [1.29, 1.82) is 0 Å². The molecule has 1 N–H and O–H groups in total. The largest absolute Gasteiger partial charge is 0.456 e. The lowest BCUT2D eigenvalue weighted by molar-refractivity contribution is 0.590. The number of benzene rings is 11. The smallest absolute Gasteiger partial charge is 0.249 e. The number of hydrogen-bond donors (Lipinski definition) is 1. The lowest BCUT2D eigenvalue weighted by atomic mass is 9.34. The summed E-state index contributed by atoms with van der Waals surface area (Å²) in [6.07, 6.45) is 0. The number of fused-ring (bicyclic) bond motifs is 6. The molecule has 0 aliphatic carbocycles. The standard InChI is InChI=1S/C74H54BN3O3/c1-74(2,3)56-32-39-59(40-33-56)77(61-38-31-50-41-55(26-25-51(50)42-61)72-45-54-17-9-14-24-69(54)81-72)62-46-64(76-58-34-27-48(28-35-58)70-43-52-15-7-12-22-67(52)79-70)73-66(47-62)78(65-21-11-10-20-63(65)75(73)57-18-5-4-6-19-57)60-36-29-49(30-37-60)71-44-53-16-8-13-23-68(53)80-71/h4-47,76H,1-3H3. The van der Waals surface area contributed by atoms with Gasteiger partial charge in [-0.15, -0.1) is 0 Å². The minimum Gasteiger partial charge on any atom is -0.456 e. The van der Waals surface area contributed by atoms with E-state index in [1.165, 1.54) is 16.5 Å². The number of anilines is 8. The molecule has 0 unspecified atom stereocenters. The Kier molecular flexibility index (Phi) is 11.4. The molecule has 4 heterocycles. The van der Waals surface area contributed by atoms with Crippen LogP contribution in [-0.2, 0) is 5.41 Å². The molecule has 0 spiro atoms. The predicted octanol–water partition coefficient (Wildman–Crippen LogP) is 18.9. The maximum absolute atomic E-state index is 6.41. The number of nitrogens with zero attached hydrogens (tertiary/aromatic N) is 2. The van der Waals surface area contributed by atoms with Gasteiger partial charge in [0.1, 0.15) is 34.0 Å². The molecule has 0 radical (unpaired) electrons. The first kappa shape index (κ1) is 47.9. The normalized spacial score (nSPS) is 12.3. The van der Waals surface area contributed by atoms with Crippen molar-refractivity contribution in [2.45, 2.75) is 26.2 Å². The molecule has 1 aliphatic heterocycles. The Balaban J connectivity index is 0.938. The zero-order valence-corrected chi connectivity index (χ0v) is 45.1. The zero-order chi connectivity index (χ0) is 54.2. The van der Waals surface area contributed by atoms with Crippen LogP contribution in [0.4, 0.5) is 45.5 Å². The van der Waals surface area contributed by atoms with E-state index in [1.54, 1.807) is 0 Å². The maximum atomic E-state index is 6.41. The molecular weight excluding hydrogens is 990 g/mol. The van der Waals surface area contributed by atoms with Gasteiger partial charge in [-0.3, -0.25) is 0 Å². The fraction of sp³-hybridized carbons (Fsp3) is 0.0541. The second-order valence-corrected chi connectivity index (χ2v) is 22.2. The summed E-state index contributed by atoms with van der Waals surface area (Å²) in [6, 6.07) is 95.5. The van der Waals surface area contributed by atoms with Gasteiger partial charge in [0.05, 0.1) is 5.69 Å². The van der Waals surface area contributed by atoms with Crippen molar-refractivity contribution >= 4 is 112 Å². The minimum absolute atomic E-state index is 0.0347. The van der Waals surface area contributed by atoms with E-state index in [0.29, 0.717) is 0 Å². The van der Waals surface area contributed by atoms with Crippen LogP contribution < -0.4 is 31.5 Å². The van der Waals surface area contributed by atoms with E-state index in [9.17, 15) is 0 Å². The van der Waals surface area contributed by atoms with E-state index in [4.69, 9.17) is 13.3 Å². The van der Waals surface area contributed by atoms with Crippen LogP contribution in [0.3, 0.4) is 0 Å². The molecule has 0 saturated heterocycles. The molecule has 3 aromatic heterocycles. The average molecular weight is 1040 g/mol.